The Hall–Kier alpha value is -3.60. The van der Waals surface area contributed by atoms with Crippen molar-refractivity contribution in [3.8, 4) is 0 Å². The largest absolute Gasteiger partial charge is 0.371 e. The third-order valence-electron chi connectivity index (χ3n) is 7.66. The number of para-hydroxylation sites is 1. The molecule has 2 aliphatic heterocycles. The molecule has 3 aromatic rings. The van der Waals surface area contributed by atoms with Crippen LogP contribution >= 0.6 is 0 Å². The lowest BCUT2D eigenvalue weighted by atomic mass is 9.94. The van der Waals surface area contributed by atoms with Crippen LogP contribution in [0.3, 0.4) is 0 Å². The molecule has 1 saturated heterocycles. The molecule has 5 rings (SSSR count). The monoisotopic (exact) mass is 481 g/mol. The molecule has 3 aromatic carbocycles. The van der Waals surface area contributed by atoms with Gasteiger partial charge in [0.2, 0.25) is 5.91 Å². The second-order valence-corrected chi connectivity index (χ2v) is 9.90. The van der Waals surface area contributed by atoms with Crippen molar-refractivity contribution in [2.75, 3.05) is 24.5 Å². The van der Waals surface area contributed by atoms with E-state index < -0.39 is 0 Å². The van der Waals surface area contributed by atoms with Crippen molar-refractivity contribution < 1.29 is 9.59 Å². The maximum absolute atomic E-state index is 13.6. The lowest BCUT2D eigenvalue weighted by Gasteiger charge is -2.36. The van der Waals surface area contributed by atoms with Crippen molar-refractivity contribution in [2.45, 2.75) is 51.1 Å². The van der Waals surface area contributed by atoms with Gasteiger partial charge in [0.15, 0.2) is 0 Å². The van der Waals surface area contributed by atoms with Gasteiger partial charge < -0.3 is 15.1 Å². The molecule has 0 radical (unpaired) electrons. The number of hydrogen-bond donors (Lipinski definition) is 1. The highest BCUT2D eigenvalue weighted by Gasteiger charge is 2.28. The number of carbonyl (C=O) groups excluding carboxylic acids is 2. The Bertz CT molecular complexity index is 1200. The Morgan fingerprint density at radius 2 is 1.53 bits per heavy atom. The van der Waals surface area contributed by atoms with Crippen LogP contribution in [-0.4, -0.2) is 42.4 Å². The Kier molecular flexibility index (Phi) is 7.36. The van der Waals surface area contributed by atoms with Gasteiger partial charge in [-0.25, -0.2) is 0 Å². The summed E-state index contributed by atoms with van der Waals surface area (Å²) in [6, 6.07) is 26.6. The number of piperidine rings is 1. The molecule has 2 aliphatic rings. The van der Waals surface area contributed by atoms with Crippen molar-refractivity contribution in [1.29, 1.82) is 0 Å². The van der Waals surface area contributed by atoms with Crippen LogP contribution in [0.4, 0.5) is 5.69 Å². The molecule has 0 aliphatic carbocycles. The van der Waals surface area contributed by atoms with Crippen LogP contribution < -0.4 is 10.2 Å². The summed E-state index contributed by atoms with van der Waals surface area (Å²) in [7, 11) is 0. The van der Waals surface area contributed by atoms with Gasteiger partial charge in [-0.05, 0) is 54.5 Å². The predicted octanol–water partition coefficient (Wildman–Crippen LogP) is 5.16. The van der Waals surface area contributed by atoms with Gasteiger partial charge in [-0.2, -0.15) is 0 Å². The second-order valence-electron chi connectivity index (χ2n) is 9.90. The average Bonchev–Trinajstić information content (AvgIpc) is 2.94. The Morgan fingerprint density at radius 3 is 2.28 bits per heavy atom. The van der Waals surface area contributed by atoms with E-state index in [0.29, 0.717) is 6.54 Å². The average molecular weight is 482 g/mol. The summed E-state index contributed by atoms with van der Waals surface area (Å²) in [5.41, 5.74) is 5.43. The maximum atomic E-state index is 13.6. The quantitative estimate of drug-likeness (QED) is 0.529. The third-order valence-corrected chi connectivity index (χ3v) is 7.66. The van der Waals surface area contributed by atoms with E-state index in [9.17, 15) is 9.59 Å². The summed E-state index contributed by atoms with van der Waals surface area (Å²) in [5.74, 6) is 0.101. The molecule has 0 bridgehead atoms. The standard InChI is InChI=1S/C31H35N3O2/c1-2-27(24-11-4-3-5-12-24)30(35)32-26-17-20-33(21-18-26)29-15-9-8-14-28(29)31(36)34-19-16-23-10-6-7-13-25(23)22-34/h3-15,26-27H,2,16-22H2,1H3,(H,32,35). The summed E-state index contributed by atoms with van der Waals surface area (Å²) >= 11 is 0. The Labute approximate surface area is 214 Å². The molecule has 1 unspecified atom stereocenters. The fraction of sp³-hybridized carbons (Fsp3) is 0.355. The Balaban J connectivity index is 1.22. The third kappa shape index (κ3) is 5.15. The minimum absolute atomic E-state index is 0.101. The van der Waals surface area contributed by atoms with Crippen molar-refractivity contribution in [3.63, 3.8) is 0 Å². The number of carbonyl (C=O) groups is 2. The van der Waals surface area contributed by atoms with Crippen molar-refractivity contribution >= 4 is 17.5 Å². The van der Waals surface area contributed by atoms with E-state index in [2.05, 4.69) is 41.4 Å². The van der Waals surface area contributed by atoms with Gasteiger partial charge >= 0.3 is 0 Å². The van der Waals surface area contributed by atoms with E-state index >= 15 is 0 Å². The SMILES string of the molecule is CCC(C(=O)NC1CCN(c2ccccc2C(=O)N2CCc3ccccc3C2)CC1)c1ccccc1. The van der Waals surface area contributed by atoms with Crippen LogP contribution in [0.5, 0.6) is 0 Å². The molecular weight excluding hydrogens is 446 g/mol. The molecule has 5 heteroatoms. The van der Waals surface area contributed by atoms with E-state index in [4.69, 9.17) is 0 Å². The van der Waals surface area contributed by atoms with Crippen LogP contribution in [0.1, 0.15) is 59.2 Å². The first kappa shape index (κ1) is 24.1. The Morgan fingerprint density at radius 1 is 0.861 bits per heavy atom. The number of anilines is 1. The maximum Gasteiger partial charge on any atom is 0.256 e. The van der Waals surface area contributed by atoms with Gasteiger partial charge in [-0.3, -0.25) is 9.59 Å². The zero-order chi connectivity index (χ0) is 24.9. The first-order valence-electron chi connectivity index (χ1n) is 13.2. The number of hydrogen-bond acceptors (Lipinski definition) is 3. The van der Waals surface area contributed by atoms with Gasteiger partial charge in [0.25, 0.3) is 5.91 Å². The number of fused-ring (bicyclic) bond motifs is 1. The molecule has 36 heavy (non-hydrogen) atoms. The van der Waals surface area contributed by atoms with Gasteiger partial charge in [0, 0.05) is 37.9 Å². The van der Waals surface area contributed by atoms with Crippen LogP contribution in [0, 0.1) is 0 Å². The smallest absolute Gasteiger partial charge is 0.256 e. The summed E-state index contributed by atoms with van der Waals surface area (Å²) in [4.78, 5) is 30.9. The van der Waals surface area contributed by atoms with E-state index in [0.717, 1.165) is 62.1 Å². The van der Waals surface area contributed by atoms with E-state index in [-0.39, 0.29) is 23.8 Å². The van der Waals surface area contributed by atoms with Crippen molar-refractivity contribution in [2.24, 2.45) is 0 Å². The molecule has 2 heterocycles. The minimum Gasteiger partial charge on any atom is -0.371 e. The van der Waals surface area contributed by atoms with E-state index in [1.807, 2.05) is 59.5 Å². The predicted molar refractivity (Wildman–Crippen MR) is 144 cm³/mol. The van der Waals surface area contributed by atoms with E-state index in [1.54, 1.807) is 0 Å². The van der Waals surface area contributed by atoms with Crippen LogP contribution in [0.15, 0.2) is 78.9 Å². The van der Waals surface area contributed by atoms with E-state index in [1.165, 1.54) is 11.1 Å². The minimum atomic E-state index is -0.114. The summed E-state index contributed by atoms with van der Waals surface area (Å²) in [6.45, 7) is 5.12. The first-order valence-corrected chi connectivity index (χ1v) is 13.2. The first-order chi connectivity index (χ1) is 17.6. The van der Waals surface area contributed by atoms with Crippen LogP contribution in [0.25, 0.3) is 0 Å². The normalized spacial score (nSPS) is 16.8. The van der Waals surface area contributed by atoms with Gasteiger partial charge in [-0.15, -0.1) is 0 Å². The number of nitrogens with zero attached hydrogens (tertiary/aromatic N) is 2. The number of amides is 2. The zero-order valence-electron chi connectivity index (χ0n) is 21.0. The molecule has 1 atom stereocenters. The summed E-state index contributed by atoms with van der Waals surface area (Å²) in [5, 5.41) is 3.30. The molecule has 1 fully saturated rings. The van der Waals surface area contributed by atoms with Gasteiger partial charge in [0.1, 0.15) is 0 Å². The fourth-order valence-electron chi connectivity index (χ4n) is 5.59. The highest BCUT2D eigenvalue weighted by Crippen LogP contribution is 2.28. The zero-order valence-corrected chi connectivity index (χ0v) is 21.0. The molecule has 0 aromatic heterocycles. The molecule has 0 saturated carbocycles. The lowest BCUT2D eigenvalue weighted by Crippen LogP contribution is -2.46. The van der Waals surface area contributed by atoms with Crippen molar-refractivity contribution in [3.05, 3.63) is 101 Å². The molecule has 2 amide bonds. The van der Waals surface area contributed by atoms with Crippen LogP contribution in [-0.2, 0) is 17.8 Å². The highest BCUT2D eigenvalue weighted by molar-refractivity contribution is 6.00. The molecular formula is C31H35N3O2. The number of nitrogens with one attached hydrogen (secondary N) is 1. The molecule has 1 N–H and O–H groups in total. The van der Waals surface area contributed by atoms with Crippen LogP contribution in [0.2, 0.25) is 0 Å². The highest BCUT2D eigenvalue weighted by atomic mass is 16.2. The topological polar surface area (TPSA) is 52.7 Å². The molecule has 186 valence electrons. The van der Waals surface area contributed by atoms with Gasteiger partial charge in [-0.1, -0.05) is 73.7 Å². The lowest BCUT2D eigenvalue weighted by molar-refractivity contribution is -0.123. The summed E-state index contributed by atoms with van der Waals surface area (Å²) < 4.78 is 0. The number of rotatable bonds is 6. The summed E-state index contributed by atoms with van der Waals surface area (Å²) in [6.07, 6.45) is 3.43. The molecule has 0 spiro atoms. The number of benzene rings is 3. The fourth-order valence-corrected chi connectivity index (χ4v) is 5.59. The second kappa shape index (κ2) is 11.0. The molecule has 5 nitrogen and oxygen atoms in total. The van der Waals surface area contributed by atoms with Gasteiger partial charge in [0.05, 0.1) is 11.5 Å². The van der Waals surface area contributed by atoms with Crippen molar-refractivity contribution in [1.82, 2.24) is 10.2 Å².